The zero-order chi connectivity index (χ0) is 12.3. The Balaban J connectivity index is 2.41. The van der Waals surface area contributed by atoms with Gasteiger partial charge in [-0.2, -0.15) is 5.10 Å². The molecule has 17 heavy (non-hydrogen) atoms. The van der Waals surface area contributed by atoms with E-state index in [1.165, 1.54) is 6.20 Å². The first kappa shape index (κ1) is 11.8. The second-order valence-corrected chi connectivity index (χ2v) is 4.37. The van der Waals surface area contributed by atoms with Gasteiger partial charge in [0.15, 0.2) is 0 Å². The first-order valence-electron chi connectivity index (χ1n) is 5.82. The molecule has 0 aliphatic heterocycles. The number of para-hydroxylation sites is 1. The number of hydrogen-bond acceptors (Lipinski definition) is 3. The number of aromatic nitrogens is 2. The Kier molecular flexibility index (Phi) is 3.54. The number of nitrogens with zero attached hydrogens (tertiary/aromatic N) is 2. The summed E-state index contributed by atoms with van der Waals surface area (Å²) in [4.78, 5) is 11.7. The van der Waals surface area contributed by atoms with Gasteiger partial charge in [0.2, 0.25) is 5.43 Å². The number of rotatable bonds is 4. The van der Waals surface area contributed by atoms with Crippen molar-refractivity contribution in [3.05, 3.63) is 40.7 Å². The average Bonchev–Trinajstić information content (AvgIpc) is 2.34. The SMILES string of the molecule is CNCC(C)Cn1ncc(=O)c2ccccc21. The van der Waals surface area contributed by atoms with E-state index < -0.39 is 0 Å². The lowest BCUT2D eigenvalue weighted by molar-refractivity contribution is 0.440. The van der Waals surface area contributed by atoms with Crippen LogP contribution in [0.5, 0.6) is 0 Å². The Bertz CT molecular complexity index is 562. The van der Waals surface area contributed by atoms with Crippen LogP contribution in [0, 0.1) is 5.92 Å². The van der Waals surface area contributed by atoms with Crippen LogP contribution < -0.4 is 10.7 Å². The van der Waals surface area contributed by atoms with Crippen LogP contribution in [0.3, 0.4) is 0 Å². The zero-order valence-electron chi connectivity index (χ0n) is 10.2. The number of benzene rings is 1. The summed E-state index contributed by atoms with van der Waals surface area (Å²) in [5.74, 6) is 0.471. The van der Waals surface area contributed by atoms with Crippen molar-refractivity contribution in [2.45, 2.75) is 13.5 Å². The maximum Gasteiger partial charge on any atom is 0.207 e. The summed E-state index contributed by atoms with van der Waals surface area (Å²) >= 11 is 0. The Labute approximate surface area is 100 Å². The minimum absolute atomic E-state index is 0.0156. The molecule has 0 amide bonds. The molecule has 1 unspecified atom stereocenters. The van der Waals surface area contributed by atoms with Gasteiger partial charge in [-0.05, 0) is 31.6 Å². The summed E-state index contributed by atoms with van der Waals surface area (Å²) in [5.41, 5.74) is 0.890. The molecule has 0 bridgehead atoms. The van der Waals surface area contributed by atoms with Gasteiger partial charge in [0.05, 0.1) is 11.7 Å². The molecule has 1 atom stereocenters. The van der Waals surface area contributed by atoms with Gasteiger partial charge in [0.1, 0.15) is 0 Å². The molecule has 0 radical (unpaired) electrons. The second-order valence-electron chi connectivity index (χ2n) is 4.37. The largest absolute Gasteiger partial charge is 0.319 e. The van der Waals surface area contributed by atoms with Crippen molar-refractivity contribution >= 4 is 10.9 Å². The van der Waals surface area contributed by atoms with E-state index in [0.717, 1.165) is 24.0 Å². The quantitative estimate of drug-likeness (QED) is 0.861. The van der Waals surface area contributed by atoms with Gasteiger partial charge in [-0.1, -0.05) is 19.1 Å². The summed E-state index contributed by atoms with van der Waals surface area (Å²) in [6.07, 6.45) is 1.40. The molecule has 1 N–H and O–H groups in total. The third-order valence-electron chi connectivity index (χ3n) is 2.80. The van der Waals surface area contributed by atoms with Gasteiger partial charge in [-0.15, -0.1) is 0 Å². The molecule has 0 fully saturated rings. The molecule has 4 heteroatoms. The van der Waals surface area contributed by atoms with Crippen LogP contribution in [0.15, 0.2) is 35.3 Å². The monoisotopic (exact) mass is 231 g/mol. The lowest BCUT2D eigenvalue weighted by Crippen LogP contribution is -2.23. The standard InChI is InChI=1S/C13H17N3O/c1-10(7-14-2)9-16-12-6-4-3-5-11(12)13(17)8-15-16/h3-6,8,10,14H,7,9H2,1-2H3. The van der Waals surface area contributed by atoms with Crippen molar-refractivity contribution in [1.82, 2.24) is 15.1 Å². The minimum Gasteiger partial charge on any atom is -0.319 e. The van der Waals surface area contributed by atoms with Crippen LogP contribution in [-0.4, -0.2) is 23.4 Å². The Morgan fingerprint density at radius 3 is 2.94 bits per heavy atom. The second kappa shape index (κ2) is 5.10. The van der Waals surface area contributed by atoms with Crippen LogP contribution in [0.2, 0.25) is 0 Å². The normalized spacial score (nSPS) is 12.8. The molecule has 0 saturated heterocycles. The highest BCUT2D eigenvalue weighted by Gasteiger charge is 2.06. The average molecular weight is 231 g/mol. The maximum absolute atomic E-state index is 11.7. The van der Waals surface area contributed by atoms with E-state index in [2.05, 4.69) is 17.3 Å². The molecule has 90 valence electrons. The minimum atomic E-state index is -0.0156. The van der Waals surface area contributed by atoms with Crippen LogP contribution in [0.1, 0.15) is 6.92 Å². The molecule has 2 aromatic rings. The highest BCUT2D eigenvalue weighted by molar-refractivity contribution is 5.77. The van der Waals surface area contributed by atoms with E-state index in [4.69, 9.17) is 0 Å². The lowest BCUT2D eigenvalue weighted by atomic mass is 10.1. The molecule has 1 heterocycles. The van der Waals surface area contributed by atoms with Crippen molar-refractivity contribution in [2.24, 2.45) is 5.92 Å². The Morgan fingerprint density at radius 2 is 2.18 bits per heavy atom. The van der Waals surface area contributed by atoms with Crippen LogP contribution >= 0.6 is 0 Å². The number of hydrogen-bond donors (Lipinski definition) is 1. The third-order valence-corrected chi connectivity index (χ3v) is 2.80. The first-order chi connectivity index (χ1) is 8.22. The predicted octanol–water partition coefficient (Wildman–Crippen LogP) is 1.25. The van der Waals surface area contributed by atoms with Crippen molar-refractivity contribution < 1.29 is 0 Å². The first-order valence-corrected chi connectivity index (χ1v) is 5.82. The summed E-state index contributed by atoms with van der Waals surface area (Å²) < 4.78 is 1.90. The van der Waals surface area contributed by atoms with Gasteiger partial charge in [0, 0.05) is 11.9 Å². The van der Waals surface area contributed by atoms with E-state index in [-0.39, 0.29) is 5.43 Å². The molecule has 0 aliphatic carbocycles. The Hall–Kier alpha value is -1.68. The van der Waals surface area contributed by atoms with Gasteiger partial charge in [0.25, 0.3) is 0 Å². The highest BCUT2D eigenvalue weighted by Crippen LogP contribution is 2.09. The van der Waals surface area contributed by atoms with Crippen LogP contribution in [0.4, 0.5) is 0 Å². The van der Waals surface area contributed by atoms with Crippen molar-refractivity contribution in [3.8, 4) is 0 Å². The van der Waals surface area contributed by atoms with Gasteiger partial charge < -0.3 is 5.32 Å². The molecule has 2 rings (SSSR count). The van der Waals surface area contributed by atoms with E-state index in [0.29, 0.717) is 5.92 Å². The maximum atomic E-state index is 11.7. The fraction of sp³-hybridized carbons (Fsp3) is 0.385. The third kappa shape index (κ3) is 2.53. The molecule has 1 aromatic heterocycles. The molecule has 0 spiro atoms. The van der Waals surface area contributed by atoms with Crippen molar-refractivity contribution in [3.63, 3.8) is 0 Å². The topological polar surface area (TPSA) is 46.9 Å². The van der Waals surface area contributed by atoms with Gasteiger partial charge in [-0.25, -0.2) is 0 Å². The van der Waals surface area contributed by atoms with Crippen LogP contribution in [-0.2, 0) is 6.54 Å². The van der Waals surface area contributed by atoms with E-state index >= 15 is 0 Å². The van der Waals surface area contributed by atoms with E-state index in [9.17, 15) is 4.79 Å². The van der Waals surface area contributed by atoms with Crippen LogP contribution in [0.25, 0.3) is 10.9 Å². The van der Waals surface area contributed by atoms with E-state index in [1.54, 1.807) is 0 Å². The highest BCUT2D eigenvalue weighted by atomic mass is 16.1. The molecule has 1 aromatic carbocycles. The number of nitrogens with one attached hydrogen (secondary N) is 1. The molecule has 4 nitrogen and oxygen atoms in total. The molecule has 0 saturated carbocycles. The van der Waals surface area contributed by atoms with Crippen molar-refractivity contribution in [1.29, 1.82) is 0 Å². The Morgan fingerprint density at radius 1 is 1.41 bits per heavy atom. The molecule has 0 aliphatic rings. The van der Waals surface area contributed by atoms with E-state index in [1.807, 2.05) is 36.0 Å². The smallest absolute Gasteiger partial charge is 0.207 e. The molecular formula is C13H17N3O. The summed E-state index contributed by atoms with van der Waals surface area (Å²) in [7, 11) is 1.94. The number of fused-ring (bicyclic) bond motifs is 1. The summed E-state index contributed by atoms with van der Waals surface area (Å²) in [6, 6.07) is 7.60. The predicted molar refractivity (Wildman–Crippen MR) is 69.1 cm³/mol. The lowest BCUT2D eigenvalue weighted by Gasteiger charge is -2.14. The fourth-order valence-corrected chi connectivity index (χ4v) is 2.01. The van der Waals surface area contributed by atoms with Gasteiger partial charge in [-0.3, -0.25) is 9.48 Å². The van der Waals surface area contributed by atoms with Crippen molar-refractivity contribution in [2.75, 3.05) is 13.6 Å². The molecular weight excluding hydrogens is 214 g/mol. The summed E-state index contributed by atoms with van der Waals surface area (Å²) in [6.45, 7) is 3.90. The zero-order valence-corrected chi connectivity index (χ0v) is 10.2. The summed E-state index contributed by atoms with van der Waals surface area (Å²) in [5, 5.41) is 8.08. The fourth-order valence-electron chi connectivity index (χ4n) is 2.01. The van der Waals surface area contributed by atoms with Gasteiger partial charge >= 0.3 is 0 Å².